The molecule has 1 nitrogen and oxygen atoms in total. The van der Waals surface area contributed by atoms with Gasteiger partial charge in [0.2, 0.25) is 0 Å². The lowest BCUT2D eigenvalue weighted by Crippen LogP contribution is -2.19. The summed E-state index contributed by atoms with van der Waals surface area (Å²) >= 11 is 9.75. The summed E-state index contributed by atoms with van der Waals surface area (Å²) in [7, 11) is 0. The van der Waals surface area contributed by atoms with E-state index in [0.717, 1.165) is 21.6 Å². The molecule has 2 unspecified atom stereocenters. The minimum Gasteiger partial charge on any atom is -0.377 e. The molecule has 2 aromatic carbocycles. The van der Waals surface area contributed by atoms with Gasteiger partial charge in [0.05, 0.1) is 16.8 Å². The molecule has 0 aliphatic heterocycles. The van der Waals surface area contributed by atoms with Gasteiger partial charge < -0.3 is 5.32 Å². The van der Waals surface area contributed by atoms with Crippen LogP contribution in [-0.2, 0) is 0 Å². The minimum atomic E-state index is 0.348. The molecule has 0 fully saturated rings. The summed E-state index contributed by atoms with van der Waals surface area (Å²) in [6.07, 6.45) is 2.35. The Bertz CT molecular complexity index is 626. The third-order valence-corrected chi connectivity index (χ3v) is 4.86. The van der Waals surface area contributed by atoms with E-state index >= 15 is 0 Å². The van der Waals surface area contributed by atoms with Crippen molar-refractivity contribution in [3.63, 3.8) is 0 Å². The van der Waals surface area contributed by atoms with Gasteiger partial charge in [-0.1, -0.05) is 58.7 Å². The summed E-state index contributed by atoms with van der Waals surface area (Å²) in [5.74, 6) is 0.643. The molecule has 1 aliphatic carbocycles. The molecule has 0 aromatic heterocycles. The van der Waals surface area contributed by atoms with E-state index in [1.807, 2.05) is 18.2 Å². The van der Waals surface area contributed by atoms with Gasteiger partial charge >= 0.3 is 0 Å². The second-order valence-electron chi connectivity index (χ2n) is 5.43. The van der Waals surface area contributed by atoms with Crippen molar-refractivity contribution >= 4 is 33.2 Å². The minimum absolute atomic E-state index is 0.348. The van der Waals surface area contributed by atoms with Crippen LogP contribution in [0.15, 0.2) is 46.9 Å². The normalized spacial score (nSPS) is 21.4. The SMILES string of the molecule is CC1CCC(Nc2ccc(Br)cc2Cl)c2ccccc21. The number of benzene rings is 2. The predicted octanol–water partition coefficient (Wildman–Crippen LogP) is 6.15. The largest absolute Gasteiger partial charge is 0.377 e. The Morgan fingerprint density at radius 1 is 1.10 bits per heavy atom. The van der Waals surface area contributed by atoms with Crippen LogP contribution in [0.4, 0.5) is 5.69 Å². The summed E-state index contributed by atoms with van der Waals surface area (Å²) in [4.78, 5) is 0. The second kappa shape index (κ2) is 5.79. The van der Waals surface area contributed by atoms with Gasteiger partial charge in [-0.15, -0.1) is 0 Å². The van der Waals surface area contributed by atoms with Crippen LogP contribution in [0.3, 0.4) is 0 Å². The molecule has 20 heavy (non-hydrogen) atoms. The highest BCUT2D eigenvalue weighted by atomic mass is 79.9. The van der Waals surface area contributed by atoms with Crippen LogP contribution in [0.2, 0.25) is 5.02 Å². The molecule has 1 N–H and O–H groups in total. The first-order valence-electron chi connectivity index (χ1n) is 6.95. The molecule has 0 radical (unpaired) electrons. The summed E-state index contributed by atoms with van der Waals surface area (Å²) < 4.78 is 1.01. The molecule has 0 heterocycles. The van der Waals surface area contributed by atoms with E-state index in [-0.39, 0.29) is 0 Å². The zero-order valence-corrected chi connectivity index (χ0v) is 13.7. The van der Waals surface area contributed by atoms with E-state index in [2.05, 4.69) is 52.4 Å². The Hall–Kier alpha value is -0.990. The van der Waals surface area contributed by atoms with E-state index in [1.165, 1.54) is 17.5 Å². The molecule has 3 heteroatoms. The van der Waals surface area contributed by atoms with Crippen molar-refractivity contribution in [1.29, 1.82) is 0 Å². The van der Waals surface area contributed by atoms with Crippen LogP contribution in [0, 0.1) is 0 Å². The maximum atomic E-state index is 6.31. The molecule has 0 bridgehead atoms. The Kier molecular flexibility index (Phi) is 4.04. The van der Waals surface area contributed by atoms with Crippen molar-refractivity contribution < 1.29 is 0 Å². The fraction of sp³-hybridized carbons (Fsp3) is 0.294. The number of halogens is 2. The molecule has 104 valence electrons. The number of rotatable bonds is 2. The highest BCUT2D eigenvalue weighted by Gasteiger charge is 2.24. The molecule has 0 saturated heterocycles. The fourth-order valence-corrected chi connectivity index (χ4v) is 3.68. The molecule has 2 atom stereocenters. The van der Waals surface area contributed by atoms with Gasteiger partial charge in [0, 0.05) is 4.47 Å². The van der Waals surface area contributed by atoms with Crippen molar-refractivity contribution in [2.24, 2.45) is 0 Å². The standard InChI is InChI=1S/C17H17BrClN/c1-11-6-8-16(14-5-3-2-4-13(11)14)20-17-9-7-12(18)10-15(17)19/h2-5,7,9-11,16,20H,6,8H2,1H3. The summed E-state index contributed by atoms with van der Waals surface area (Å²) in [5, 5.41) is 4.36. The number of anilines is 1. The van der Waals surface area contributed by atoms with E-state index in [1.54, 1.807) is 0 Å². The highest BCUT2D eigenvalue weighted by molar-refractivity contribution is 9.10. The zero-order valence-electron chi connectivity index (χ0n) is 11.4. The van der Waals surface area contributed by atoms with Crippen LogP contribution in [0.5, 0.6) is 0 Å². The molecular weight excluding hydrogens is 334 g/mol. The van der Waals surface area contributed by atoms with Crippen molar-refractivity contribution in [3.05, 3.63) is 63.1 Å². The Labute approximate surface area is 133 Å². The lowest BCUT2D eigenvalue weighted by molar-refractivity contribution is 0.535. The first-order chi connectivity index (χ1) is 9.65. The maximum absolute atomic E-state index is 6.31. The van der Waals surface area contributed by atoms with Crippen LogP contribution in [0.25, 0.3) is 0 Å². The average molecular weight is 351 g/mol. The molecule has 0 saturated carbocycles. The van der Waals surface area contributed by atoms with Gasteiger partial charge in [-0.2, -0.15) is 0 Å². The third kappa shape index (κ3) is 2.72. The van der Waals surface area contributed by atoms with Crippen molar-refractivity contribution in [2.45, 2.75) is 31.7 Å². The molecule has 1 aliphatic rings. The average Bonchev–Trinajstić information content (AvgIpc) is 2.45. The lowest BCUT2D eigenvalue weighted by Gasteiger charge is -2.31. The Morgan fingerprint density at radius 2 is 1.85 bits per heavy atom. The molecule has 0 spiro atoms. The maximum Gasteiger partial charge on any atom is 0.0648 e. The second-order valence-corrected chi connectivity index (χ2v) is 6.75. The lowest BCUT2D eigenvalue weighted by atomic mass is 9.81. The van der Waals surface area contributed by atoms with E-state index in [4.69, 9.17) is 11.6 Å². The van der Waals surface area contributed by atoms with Gasteiger partial charge in [-0.3, -0.25) is 0 Å². The van der Waals surface area contributed by atoms with E-state index < -0.39 is 0 Å². The monoisotopic (exact) mass is 349 g/mol. The Morgan fingerprint density at radius 3 is 2.60 bits per heavy atom. The van der Waals surface area contributed by atoms with Gasteiger partial charge in [-0.25, -0.2) is 0 Å². The molecule has 0 amide bonds. The molecule has 2 aromatic rings. The fourth-order valence-electron chi connectivity index (χ4n) is 2.95. The van der Waals surface area contributed by atoms with Crippen LogP contribution >= 0.6 is 27.5 Å². The first kappa shape index (κ1) is 14.0. The predicted molar refractivity (Wildman–Crippen MR) is 89.6 cm³/mol. The summed E-state index contributed by atoms with van der Waals surface area (Å²) in [6, 6.07) is 15.1. The zero-order chi connectivity index (χ0) is 14.1. The number of hydrogen-bond donors (Lipinski definition) is 1. The Balaban J connectivity index is 1.90. The quantitative estimate of drug-likeness (QED) is 0.684. The van der Waals surface area contributed by atoms with Gasteiger partial charge in [0.25, 0.3) is 0 Å². The van der Waals surface area contributed by atoms with Crippen LogP contribution in [-0.4, -0.2) is 0 Å². The van der Waals surface area contributed by atoms with Crippen molar-refractivity contribution in [3.8, 4) is 0 Å². The highest BCUT2D eigenvalue weighted by Crippen LogP contribution is 2.39. The summed E-state index contributed by atoms with van der Waals surface area (Å²) in [5.41, 5.74) is 3.87. The first-order valence-corrected chi connectivity index (χ1v) is 8.12. The number of nitrogens with one attached hydrogen (secondary N) is 1. The van der Waals surface area contributed by atoms with Gasteiger partial charge in [0.1, 0.15) is 0 Å². The van der Waals surface area contributed by atoms with Crippen molar-refractivity contribution in [2.75, 3.05) is 5.32 Å². The third-order valence-electron chi connectivity index (χ3n) is 4.05. The van der Waals surface area contributed by atoms with Crippen LogP contribution < -0.4 is 5.32 Å². The molecule has 3 rings (SSSR count). The topological polar surface area (TPSA) is 12.0 Å². The number of hydrogen-bond acceptors (Lipinski definition) is 1. The smallest absolute Gasteiger partial charge is 0.0648 e. The number of fused-ring (bicyclic) bond motifs is 1. The van der Waals surface area contributed by atoms with Gasteiger partial charge in [0.15, 0.2) is 0 Å². The van der Waals surface area contributed by atoms with Crippen molar-refractivity contribution in [1.82, 2.24) is 0 Å². The summed E-state index contributed by atoms with van der Waals surface area (Å²) in [6.45, 7) is 2.31. The molecular formula is C17H17BrClN. The van der Waals surface area contributed by atoms with Gasteiger partial charge in [-0.05, 0) is 48.1 Å². The van der Waals surface area contributed by atoms with Crippen LogP contribution in [0.1, 0.15) is 42.9 Å². The van der Waals surface area contributed by atoms with E-state index in [0.29, 0.717) is 12.0 Å². The van der Waals surface area contributed by atoms with E-state index in [9.17, 15) is 0 Å².